The van der Waals surface area contributed by atoms with E-state index in [2.05, 4.69) is 39.5 Å². The van der Waals surface area contributed by atoms with Crippen LogP contribution in [0.15, 0.2) is 6.20 Å². The summed E-state index contributed by atoms with van der Waals surface area (Å²) in [7, 11) is 6.35. The number of piperidine rings is 1. The molecule has 19 heavy (non-hydrogen) atoms. The standard InChI is InChI=1S/C13H26N6/c1-14-9-12-10-19(16-15-12)8-7-18(3)13-5-4-6-17(2)11-13/h10,13-14H,4-9,11H2,1-3H3. The molecule has 0 bridgehead atoms. The predicted molar refractivity (Wildman–Crippen MR) is 75.9 cm³/mol. The normalized spacial score (nSPS) is 21.2. The second-order valence-electron chi connectivity index (χ2n) is 5.54. The van der Waals surface area contributed by atoms with Crippen LogP contribution in [0.3, 0.4) is 0 Å². The van der Waals surface area contributed by atoms with Crippen molar-refractivity contribution in [2.24, 2.45) is 0 Å². The van der Waals surface area contributed by atoms with Crippen molar-refractivity contribution in [2.45, 2.75) is 32.0 Å². The van der Waals surface area contributed by atoms with Gasteiger partial charge < -0.3 is 15.1 Å². The highest BCUT2D eigenvalue weighted by Gasteiger charge is 2.20. The molecule has 1 aromatic rings. The lowest BCUT2D eigenvalue weighted by Gasteiger charge is -2.35. The molecule has 6 nitrogen and oxygen atoms in total. The van der Waals surface area contributed by atoms with Crippen molar-refractivity contribution in [2.75, 3.05) is 40.8 Å². The number of aromatic nitrogens is 3. The van der Waals surface area contributed by atoms with Gasteiger partial charge in [-0.15, -0.1) is 5.10 Å². The fourth-order valence-corrected chi connectivity index (χ4v) is 2.65. The molecular weight excluding hydrogens is 240 g/mol. The van der Waals surface area contributed by atoms with Gasteiger partial charge in [0.1, 0.15) is 0 Å². The average molecular weight is 266 g/mol. The fraction of sp³-hybridized carbons (Fsp3) is 0.846. The molecule has 2 heterocycles. The van der Waals surface area contributed by atoms with Crippen molar-refractivity contribution in [1.82, 2.24) is 30.1 Å². The molecule has 0 aliphatic carbocycles. The maximum absolute atomic E-state index is 4.16. The molecule has 1 aliphatic rings. The highest BCUT2D eigenvalue weighted by Crippen LogP contribution is 2.13. The third kappa shape index (κ3) is 4.26. The zero-order valence-corrected chi connectivity index (χ0v) is 12.3. The first-order chi connectivity index (χ1) is 9.19. The number of hydrogen-bond acceptors (Lipinski definition) is 5. The molecular formula is C13H26N6. The summed E-state index contributed by atoms with van der Waals surface area (Å²) < 4.78 is 1.94. The van der Waals surface area contributed by atoms with Gasteiger partial charge in [-0.2, -0.15) is 0 Å². The Morgan fingerprint density at radius 1 is 1.53 bits per heavy atom. The first-order valence-corrected chi connectivity index (χ1v) is 7.11. The molecule has 1 unspecified atom stereocenters. The van der Waals surface area contributed by atoms with E-state index in [1.54, 1.807) is 0 Å². The van der Waals surface area contributed by atoms with Crippen LogP contribution in [0.2, 0.25) is 0 Å². The minimum Gasteiger partial charge on any atom is -0.314 e. The van der Waals surface area contributed by atoms with E-state index in [0.717, 1.165) is 25.3 Å². The van der Waals surface area contributed by atoms with Crippen LogP contribution >= 0.6 is 0 Å². The average Bonchev–Trinajstić information content (AvgIpc) is 2.84. The Balaban J connectivity index is 1.77. The van der Waals surface area contributed by atoms with E-state index >= 15 is 0 Å². The van der Waals surface area contributed by atoms with Crippen molar-refractivity contribution in [3.8, 4) is 0 Å². The van der Waals surface area contributed by atoms with Crippen LogP contribution in [0, 0.1) is 0 Å². The molecule has 0 amide bonds. The van der Waals surface area contributed by atoms with Crippen LogP contribution in [-0.2, 0) is 13.1 Å². The van der Waals surface area contributed by atoms with Gasteiger partial charge in [0.05, 0.1) is 12.2 Å². The molecule has 0 saturated carbocycles. The Morgan fingerprint density at radius 2 is 2.37 bits per heavy atom. The lowest BCUT2D eigenvalue weighted by Crippen LogP contribution is -2.45. The Morgan fingerprint density at radius 3 is 3.11 bits per heavy atom. The first kappa shape index (κ1) is 14.4. The highest BCUT2D eigenvalue weighted by atomic mass is 15.4. The van der Waals surface area contributed by atoms with E-state index in [4.69, 9.17) is 0 Å². The van der Waals surface area contributed by atoms with Gasteiger partial charge in [0, 0.05) is 31.9 Å². The molecule has 0 radical (unpaired) electrons. The zero-order valence-electron chi connectivity index (χ0n) is 12.3. The van der Waals surface area contributed by atoms with Crippen molar-refractivity contribution in [1.29, 1.82) is 0 Å². The minimum absolute atomic E-state index is 0.680. The minimum atomic E-state index is 0.680. The van der Waals surface area contributed by atoms with Crippen LogP contribution in [0.25, 0.3) is 0 Å². The summed E-state index contributed by atoms with van der Waals surface area (Å²) in [6, 6.07) is 0.680. The Labute approximate surface area is 115 Å². The van der Waals surface area contributed by atoms with E-state index < -0.39 is 0 Å². The predicted octanol–water partition coefficient (Wildman–Crippen LogP) is 0.0235. The summed E-state index contributed by atoms with van der Waals surface area (Å²) in [5.41, 5.74) is 1.00. The highest BCUT2D eigenvalue weighted by molar-refractivity contribution is 4.91. The molecule has 1 aliphatic heterocycles. The lowest BCUT2D eigenvalue weighted by atomic mass is 10.1. The molecule has 1 saturated heterocycles. The largest absolute Gasteiger partial charge is 0.314 e. The van der Waals surface area contributed by atoms with Crippen molar-refractivity contribution < 1.29 is 0 Å². The summed E-state index contributed by atoms with van der Waals surface area (Å²) in [4.78, 5) is 4.88. The third-order valence-corrected chi connectivity index (χ3v) is 3.85. The third-order valence-electron chi connectivity index (χ3n) is 3.85. The van der Waals surface area contributed by atoms with Gasteiger partial charge in [-0.1, -0.05) is 5.21 Å². The number of nitrogens with one attached hydrogen (secondary N) is 1. The number of nitrogens with zero attached hydrogens (tertiary/aromatic N) is 5. The van der Waals surface area contributed by atoms with Gasteiger partial charge in [0.25, 0.3) is 0 Å². The smallest absolute Gasteiger partial charge is 0.0964 e. The molecule has 1 fully saturated rings. The molecule has 1 atom stereocenters. The Hall–Kier alpha value is -0.980. The van der Waals surface area contributed by atoms with Crippen LogP contribution in [0.1, 0.15) is 18.5 Å². The van der Waals surface area contributed by atoms with Gasteiger partial charge in [0.15, 0.2) is 0 Å². The first-order valence-electron chi connectivity index (χ1n) is 7.11. The van der Waals surface area contributed by atoms with Crippen LogP contribution in [-0.4, -0.2) is 71.6 Å². The van der Waals surface area contributed by atoms with Crippen molar-refractivity contribution in [3.05, 3.63) is 11.9 Å². The second kappa shape index (κ2) is 6.98. The van der Waals surface area contributed by atoms with Crippen LogP contribution in [0.5, 0.6) is 0 Å². The number of likely N-dealkylation sites (tertiary alicyclic amines) is 1. The molecule has 0 spiro atoms. The van der Waals surface area contributed by atoms with Gasteiger partial charge in [0.2, 0.25) is 0 Å². The van der Waals surface area contributed by atoms with Gasteiger partial charge in [-0.25, -0.2) is 0 Å². The fourth-order valence-electron chi connectivity index (χ4n) is 2.65. The molecule has 1 aromatic heterocycles. The van der Waals surface area contributed by atoms with Gasteiger partial charge >= 0.3 is 0 Å². The Bertz CT molecular complexity index is 377. The SMILES string of the molecule is CNCc1cn(CCN(C)C2CCCN(C)C2)nn1. The summed E-state index contributed by atoms with van der Waals surface area (Å²) in [6.45, 7) is 5.14. The van der Waals surface area contributed by atoms with Gasteiger partial charge in [-0.3, -0.25) is 4.68 Å². The number of likely N-dealkylation sites (N-methyl/N-ethyl adjacent to an activating group) is 2. The molecule has 2 rings (SSSR count). The van der Waals surface area contributed by atoms with E-state index in [1.807, 2.05) is 17.9 Å². The maximum Gasteiger partial charge on any atom is 0.0964 e. The van der Waals surface area contributed by atoms with E-state index in [-0.39, 0.29) is 0 Å². The summed E-state index contributed by atoms with van der Waals surface area (Å²) in [5.74, 6) is 0. The van der Waals surface area contributed by atoms with E-state index in [1.165, 1.54) is 25.9 Å². The van der Waals surface area contributed by atoms with Crippen molar-refractivity contribution in [3.63, 3.8) is 0 Å². The second-order valence-corrected chi connectivity index (χ2v) is 5.54. The number of hydrogen-bond donors (Lipinski definition) is 1. The molecule has 0 aromatic carbocycles. The summed E-state index contributed by atoms with van der Waals surface area (Å²) in [5, 5.41) is 11.4. The number of rotatable bonds is 6. The van der Waals surface area contributed by atoms with Crippen LogP contribution in [0.4, 0.5) is 0 Å². The zero-order chi connectivity index (χ0) is 13.7. The van der Waals surface area contributed by atoms with Crippen molar-refractivity contribution >= 4 is 0 Å². The quantitative estimate of drug-likeness (QED) is 0.787. The monoisotopic (exact) mass is 266 g/mol. The molecule has 108 valence electrons. The van der Waals surface area contributed by atoms with Gasteiger partial charge in [-0.05, 0) is 40.5 Å². The maximum atomic E-state index is 4.16. The molecule has 6 heteroatoms. The van der Waals surface area contributed by atoms with E-state index in [0.29, 0.717) is 6.04 Å². The lowest BCUT2D eigenvalue weighted by molar-refractivity contribution is 0.130. The topological polar surface area (TPSA) is 49.2 Å². The van der Waals surface area contributed by atoms with E-state index in [9.17, 15) is 0 Å². The Kier molecular flexibility index (Phi) is 5.30. The van der Waals surface area contributed by atoms with Crippen LogP contribution < -0.4 is 5.32 Å². The summed E-state index contributed by atoms with van der Waals surface area (Å²) in [6.07, 6.45) is 4.64. The summed E-state index contributed by atoms with van der Waals surface area (Å²) >= 11 is 0. The molecule has 1 N–H and O–H groups in total.